The van der Waals surface area contributed by atoms with E-state index in [1.165, 1.54) is 25.3 Å². The fraction of sp³-hybridized carbons (Fsp3) is 0.400. The number of hydrogen-bond donors (Lipinski definition) is 1. The summed E-state index contributed by atoms with van der Waals surface area (Å²) >= 11 is 0. The number of aromatic nitrogens is 1. The second kappa shape index (κ2) is 13.3. The first kappa shape index (κ1) is 29.6. The van der Waals surface area contributed by atoms with E-state index in [1.54, 1.807) is 44.4 Å². The summed E-state index contributed by atoms with van der Waals surface area (Å²) in [4.78, 5) is 56.1. The van der Waals surface area contributed by atoms with Crippen molar-refractivity contribution in [2.24, 2.45) is 0 Å². The number of likely N-dealkylation sites (tertiary alicyclic amines) is 1. The Kier molecular flexibility index (Phi) is 9.61. The van der Waals surface area contributed by atoms with Crippen molar-refractivity contribution in [3.63, 3.8) is 0 Å². The molecule has 11 nitrogen and oxygen atoms in total. The number of methoxy groups -OCH3 is 1. The number of non-ortho nitro benzene ring substituents is 1. The molecule has 216 valence electrons. The van der Waals surface area contributed by atoms with Crippen LogP contribution in [0.3, 0.4) is 0 Å². The lowest BCUT2D eigenvalue weighted by Gasteiger charge is -2.34. The molecule has 0 bridgehead atoms. The molecule has 2 aliphatic heterocycles. The number of piperidine rings is 1. The quantitative estimate of drug-likeness (QED) is 0.195. The Morgan fingerprint density at radius 1 is 1.12 bits per heavy atom. The minimum absolute atomic E-state index is 0.0437. The van der Waals surface area contributed by atoms with Crippen molar-refractivity contribution in [2.75, 3.05) is 26.7 Å². The van der Waals surface area contributed by atoms with Crippen molar-refractivity contribution in [1.29, 1.82) is 0 Å². The van der Waals surface area contributed by atoms with Crippen LogP contribution in [0.15, 0.2) is 71.3 Å². The van der Waals surface area contributed by atoms with Gasteiger partial charge in [-0.2, -0.15) is 0 Å². The van der Waals surface area contributed by atoms with E-state index >= 15 is 0 Å². The highest BCUT2D eigenvalue weighted by atomic mass is 16.6. The first-order valence-electron chi connectivity index (χ1n) is 13.6. The number of ether oxygens (including phenoxy) is 2. The van der Waals surface area contributed by atoms with Crippen LogP contribution in [-0.2, 0) is 19.1 Å². The molecule has 1 saturated heterocycles. The lowest BCUT2D eigenvalue weighted by Crippen LogP contribution is -2.42. The number of nitro groups is 1. The average molecular weight is 563 g/mol. The summed E-state index contributed by atoms with van der Waals surface area (Å²) in [5, 5.41) is 14.6. The Hall–Kier alpha value is -4.38. The summed E-state index contributed by atoms with van der Waals surface area (Å²) in [6, 6.07) is 9.39. The lowest BCUT2D eigenvalue weighted by atomic mass is 9.80. The van der Waals surface area contributed by atoms with E-state index in [-0.39, 0.29) is 28.7 Å². The number of carbonyl (C=O) groups excluding carboxylic acids is 3. The van der Waals surface area contributed by atoms with Gasteiger partial charge in [-0.25, -0.2) is 9.59 Å². The van der Waals surface area contributed by atoms with Crippen LogP contribution in [0.25, 0.3) is 0 Å². The zero-order valence-electron chi connectivity index (χ0n) is 23.4. The molecule has 41 heavy (non-hydrogen) atoms. The molecule has 1 fully saturated rings. The zero-order chi connectivity index (χ0) is 29.5. The largest absolute Gasteiger partial charge is 0.466 e. The minimum atomic E-state index is -0.908. The molecular formula is C30H34N4O7. The van der Waals surface area contributed by atoms with Gasteiger partial charge in [-0.15, -0.1) is 0 Å². The Morgan fingerprint density at radius 3 is 2.56 bits per heavy atom. The van der Waals surface area contributed by atoms with Crippen LogP contribution in [0.1, 0.15) is 61.4 Å². The van der Waals surface area contributed by atoms with E-state index in [0.29, 0.717) is 54.9 Å². The first-order valence-corrected chi connectivity index (χ1v) is 13.6. The van der Waals surface area contributed by atoms with Crippen molar-refractivity contribution in [3.05, 3.63) is 92.6 Å². The highest BCUT2D eigenvalue weighted by molar-refractivity contribution is 6.00. The number of carbonyl (C=O) groups is 3. The van der Waals surface area contributed by atoms with E-state index in [4.69, 9.17) is 9.47 Å². The number of hydrogen-bond acceptors (Lipinski definition) is 10. The maximum absolute atomic E-state index is 13.7. The maximum Gasteiger partial charge on any atom is 0.337 e. The van der Waals surface area contributed by atoms with Gasteiger partial charge in [0.2, 0.25) is 0 Å². The fourth-order valence-corrected chi connectivity index (χ4v) is 5.46. The number of rotatable bonds is 10. The van der Waals surface area contributed by atoms with Gasteiger partial charge in [0, 0.05) is 54.4 Å². The number of nitrogens with one attached hydrogen (secondary N) is 1. The Morgan fingerprint density at radius 2 is 1.88 bits per heavy atom. The molecule has 11 heteroatoms. The molecule has 1 unspecified atom stereocenters. The maximum atomic E-state index is 13.7. The standard InChI is InChI=1S/C30H34N4O7/c1-19-26(29(36)40-3)28(21-8-4-10-23(16-21)34(38)39)27(20(2)32-19)30(37)41-24-11-6-14-33(18-24)15-7-12-25(35)22-9-5-13-31-17-22/h4-5,8-10,13,16-17,24,28,32H,6-7,11-12,14-15,18H2,1-3H3/t24?,28-/m0/s1. The molecule has 2 aliphatic rings. The molecule has 1 N–H and O–H groups in total. The van der Waals surface area contributed by atoms with Gasteiger partial charge >= 0.3 is 11.9 Å². The fourth-order valence-electron chi connectivity index (χ4n) is 5.46. The summed E-state index contributed by atoms with van der Waals surface area (Å²) < 4.78 is 11.0. The molecule has 1 aromatic heterocycles. The van der Waals surface area contributed by atoms with E-state index in [9.17, 15) is 24.5 Å². The molecule has 3 heterocycles. The van der Waals surface area contributed by atoms with Gasteiger partial charge in [-0.3, -0.25) is 24.8 Å². The molecular weight excluding hydrogens is 528 g/mol. The van der Waals surface area contributed by atoms with Gasteiger partial charge in [-0.1, -0.05) is 12.1 Å². The highest BCUT2D eigenvalue weighted by Crippen LogP contribution is 2.40. The normalized spacial score (nSPS) is 19.4. The summed E-state index contributed by atoms with van der Waals surface area (Å²) in [7, 11) is 1.25. The third kappa shape index (κ3) is 7.04. The second-order valence-electron chi connectivity index (χ2n) is 10.2. The van der Waals surface area contributed by atoms with Crippen molar-refractivity contribution < 1.29 is 28.8 Å². The third-order valence-corrected chi connectivity index (χ3v) is 7.40. The molecule has 0 spiro atoms. The molecule has 4 rings (SSSR count). The zero-order valence-corrected chi connectivity index (χ0v) is 23.4. The minimum Gasteiger partial charge on any atom is -0.466 e. The van der Waals surface area contributed by atoms with Crippen LogP contribution in [-0.4, -0.2) is 65.4 Å². The van der Waals surface area contributed by atoms with Crippen molar-refractivity contribution in [3.8, 4) is 0 Å². The van der Waals surface area contributed by atoms with Gasteiger partial charge in [-0.05, 0) is 63.9 Å². The average Bonchev–Trinajstić information content (AvgIpc) is 2.97. The first-order chi connectivity index (χ1) is 19.7. The molecule has 0 amide bonds. The second-order valence-corrected chi connectivity index (χ2v) is 10.2. The van der Waals surface area contributed by atoms with Crippen LogP contribution in [0.5, 0.6) is 0 Å². The van der Waals surface area contributed by atoms with Crippen LogP contribution in [0.2, 0.25) is 0 Å². The summed E-state index contributed by atoms with van der Waals surface area (Å²) in [6.45, 7) is 5.45. The van der Waals surface area contributed by atoms with Gasteiger partial charge in [0.25, 0.3) is 5.69 Å². The van der Waals surface area contributed by atoms with E-state index in [0.717, 1.165) is 13.0 Å². The smallest absolute Gasteiger partial charge is 0.337 e. The van der Waals surface area contributed by atoms with Crippen LogP contribution in [0, 0.1) is 10.1 Å². The Balaban J connectivity index is 1.48. The molecule has 0 saturated carbocycles. The lowest BCUT2D eigenvalue weighted by molar-refractivity contribution is -0.384. The van der Waals surface area contributed by atoms with Crippen molar-refractivity contribution >= 4 is 23.4 Å². The topological polar surface area (TPSA) is 141 Å². The monoisotopic (exact) mass is 562 g/mol. The predicted molar refractivity (Wildman–Crippen MR) is 150 cm³/mol. The number of nitrogens with zero attached hydrogens (tertiary/aromatic N) is 3. The number of ketones is 1. The predicted octanol–water partition coefficient (Wildman–Crippen LogP) is 4.07. The van der Waals surface area contributed by atoms with Crippen molar-refractivity contribution in [2.45, 2.75) is 51.6 Å². The highest BCUT2D eigenvalue weighted by Gasteiger charge is 2.39. The summed E-state index contributed by atoms with van der Waals surface area (Å²) in [6.07, 6.45) is 5.39. The van der Waals surface area contributed by atoms with E-state index in [1.807, 2.05) is 0 Å². The SMILES string of the molecule is COC(=O)C1=C(C)NC(C)=C(C(=O)OC2CCCN(CCCC(=O)c3cccnc3)C2)[C@H]1c1cccc([N+](=O)[O-])c1. The van der Waals surface area contributed by atoms with Gasteiger partial charge in [0.15, 0.2) is 5.78 Å². The molecule has 1 aromatic carbocycles. The Bertz CT molecular complexity index is 1390. The third-order valence-electron chi connectivity index (χ3n) is 7.40. The number of allylic oxidation sites excluding steroid dienone is 2. The number of Topliss-reactive ketones (excluding diaryl/α,β-unsaturated/α-hetero) is 1. The molecule has 2 aromatic rings. The number of esters is 2. The molecule has 2 atom stereocenters. The number of benzene rings is 1. The van der Waals surface area contributed by atoms with Crippen LogP contribution >= 0.6 is 0 Å². The van der Waals surface area contributed by atoms with Crippen LogP contribution < -0.4 is 5.32 Å². The number of nitro benzene ring substituents is 1. The number of dihydropyridines is 1. The molecule has 0 radical (unpaired) electrons. The van der Waals surface area contributed by atoms with Crippen molar-refractivity contribution in [1.82, 2.24) is 15.2 Å². The van der Waals surface area contributed by atoms with Gasteiger partial charge in [0.05, 0.1) is 29.1 Å². The van der Waals surface area contributed by atoms with Gasteiger partial charge < -0.3 is 14.8 Å². The van der Waals surface area contributed by atoms with E-state index in [2.05, 4.69) is 15.2 Å². The van der Waals surface area contributed by atoms with E-state index < -0.39 is 22.8 Å². The number of pyridine rings is 1. The Labute approximate surface area is 238 Å². The van der Waals surface area contributed by atoms with Gasteiger partial charge in [0.1, 0.15) is 6.10 Å². The summed E-state index contributed by atoms with van der Waals surface area (Å²) in [5.74, 6) is -2.11. The summed E-state index contributed by atoms with van der Waals surface area (Å²) in [5.41, 5.74) is 2.24. The van der Waals surface area contributed by atoms with Crippen LogP contribution in [0.4, 0.5) is 5.69 Å². The molecule has 0 aliphatic carbocycles.